The van der Waals surface area contributed by atoms with E-state index in [1.165, 1.54) is 5.57 Å². The second kappa shape index (κ2) is 12.8. The smallest absolute Gasteiger partial charge is 0.434 e. The van der Waals surface area contributed by atoms with Gasteiger partial charge < -0.3 is 19.7 Å². The van der Waals surface area contributed by atoms with E-state index in [-0.39, 0.29) is 17.1 Å². The molecule has 0 amide bonds. The summed E-state index contributed by atoms with van der Waals surface area (Å²) in [4.78, 5) is 24.9. The van der Waals surface area contributed by atoms with Crippen molar-refractivity contribution in [1.82, 2.24) is 0 Å². The van der Waals surface area contributed by atoms with Crippen LogP contribution in [-0.4, -0.2) is 46.6 Å². The van der Waals surface area contributed by atoms with Crippen molar-refractivity contribution >= 4 is 11.9 Å². The van der Waals surface area contributed by atoms with E-state index in [9.17, 15) is 19.8 Å². The summed E-state index contributed by atoms with van der Waals surface area (Å²) < 4.78 is 10.4. The molecule has 0 bridgehead atoms. The molecule has 3 rings (SSSR count). The van der Waals surface area contributed by atoms with Crippen molar-refractivity contribution in [2.45, 2.75) is 110 Å². The van der Waals surface area contributed by atoms with E-state index in [1.54, 1.807) is 19.9 Å². The summed E-state index contributed by atoms with van der Waals surface area (Å²) in [6.07, 6.45) is 14.0. The Morgan fingerprint density at radius 2 is 1.97 bits per heavy atom. The first-order chi connectivity index (χ1) is 17.9. The molecular formula is C32H48O6. The molecule has 0 aliphatic heterocycles. The van der Waals surface area contributed by atoms with E-state index in [0.29, 0.717) is 31.3 Å². The van der Waals surface area contributed by atoms with Crippen LogP contribution in [0.5, 0.6) is 0 Å². The van der Waals surface area contributed by atoms with Gasteiger partial charge >= 0.3 is 6.16 Å². The molecular weight excluding hydrogens is 480 g/mol. The van der Waals surface area contributed by atoms with Crippen molar-refractivity contribution in [3.05, 3.63) is 47.6 Å². The van der Waals surface area contributed by atoms with Crippen LogP contribution >= 0.6 is 0 Å². The van der Waals surface area contributed by atoms with Crippen molar-refractivity contribution in [1.29, 1.82) is 0 Å². The largest absolute Gasteiger partial charge is 0.509 e. The van der Waals surface area contributed by atoms with Crippen LogP contribution in [0.1, 0.15) is 92.4 Å². The Morgan fingerprint density at radius 3 is 2.68 bits per heavy atom. The highest BCUT2D eigenvalue weighted by atomic mass is 16.7. The van der Waals surface area contributed by atoms with Gasteiger partial charge in [0.2, 0.25) is 0 Å². The lowest BCUT2D eigenvalue weighted by Gasteiger charge is -2.44. The third-order valence-electron chi connectivity index (χ3n) is 9.14. The van der Waals surface area contributed by atoms with Gasteiger partial charge in [-0.25, -0.2) is 4.79 Å². The van der Waals surface area contributed by atoms with E-state index >= 15 is 0 Å². The summed E-state index contributed by atoms with van der Waals surface area (Å²) in [6.45, 7) is 14.1. The van der Waals surface area contributed by atoms with Gasteiger partial charge in [-0.3, -0.25) is 4.79 Å². The van der Waals surface area contributed by atoms with Gasteiger partial charge in [0.25, 0.3) is 0 Å². The van der Waals surface area contributed by atoms with Crippen molar-refractivity contribution in [2.24, 2.45) is 23.2 Å². The number of allylic oxidation sites excluding steroid dienone is 4. The van der Waals surface area contributed by atoms with Crippen LogP contribution in [0.3, 0.4) is 0 Å². The van der Waals surface area contributed by atoms with Crippen LogP contribution in [0.15, 0.2) is 47.6 Å². The van der Waals surface area contributed by atoms with Gasteiger partial charge in [-0.05, 0) is 99.2 Å². The summed E-state index contributed by atoms with van der Waals surface area (Å²) in [7, 11) is 0. The zero-order valence-corrected chi connectivity index (χ0v) is 24.0. The molecule has 2 N–H and O–H groups in total. The fourth-order valence-corrected chi connectivity index (χ4v) is 6.77. The minimum atomic E-state index is -1.28. The lowest BCUT2D eigenvalue weighted by Crippen LogP contribution is -2.37. The zero-order valence-electron chi connectivity index (χ0n) is 24.0. The minimum Gasteiger partial charge on any atom is -0.434 e. The van der Waals surface area contributed by atoms with Crippen molar-refractivity contribution in [3.8, 4) is 0 Å². The molecule has 38 heavy (non-hydrogen) atoms. The molecule has 3 aliphatic rings. The fraction of sp³-hybridized carbons (Fsp3) is 0.688. The molecule has 6 atom stereocenters. The third-order valence-corrected chi connectivity index (χ3v) is 9.14. The van der Waals surface area contributed by atoms with E-state index in [0.717, 1.165) is 56.1 Å². The van der Waals surface area contributed by atoms with Gasteiger partial charge in [0.15, 0.2) is 11.4 Å². The lowest BCUT2D eigenvalue weighted by molar-refractivity contribution is -0.131. The van der Waals surface area contributed by atoms with Crippen LogP contribution in [0, 0.1) is 23.2 Å². The second-order valence-corrected chi connectivity index (χ2v) is 12.3. The highest BCUT2D eigenvalue weighted by molar-refractivity contribution is 5.97. The zero-order chi connectivity index (χ0) is 28.1. The summed E-state index contributed by atoms with van der Waals surface area (Å²) in [5.41, 5.74) is 1.98. The maximum atomic E-state index is 12.9. The molecule has 6 heteroatoms. The Kier molecular flexibility index (Phi) is 10.2. The molecule has 0 unspecified atom stereocenters. The third kappa shape index (κ3) is 7.06. The highest BCUT2D eigenvalue weighted by Gasteiger charge is 2.50. The second-order valence-electron chi connectivity index (χ2n) is 12.3. The molecule has 3 fully saturated rings. The van der Waals surface area contributed by atoms with Crippen molar-refractivity contribution < 1.29 is 29.3 Å². The topological polar surface area (TPSA) is 93.1 Å². The maximum absolute atomic E-state index is 12.9. The van der Waals surface area contributed by atoms with Gasteiger partial charge in [-0.1, -0.05) is 57.6 Å². The number of hydrogen-bond acceptors (Lipinski definition) is 6. The van der Waals surface area contributed by atoms with Crippen LogP contribution in [-0.2, 0) is 14.3 Å². The molecule has 3 aliphatic carbocycles. The highest BCUT2D eigenvalue weighted by Crippen LogP contribution is 2.59. The molecule has 0 heterocycles. The Bertz CT molecular complexity index is 972. The van der Waals surface area contributed by atoms with E-state index < -0.39 is 24.0 Å². The number of ketones is 1. The van der Waals surface area contributed by atoms with E-state index in [1.807, 2.05) is 13.0 Å². The summed E-state index contributed by atoms with van der Waals surface area (Å²) in [6, 6.07) is 0. The molecule has 0 aromatic heterocycles. The van der Waals surface area contributed by atoms with Crippen molar-refractivity contribution in [2.75, 3.05) is 6.61 Å². The summed E-state index contributed by atoms with van der Waals surface area (Å²) in [5, 5.41) is 20.3. The van der Waals surface area contributed by atoms with E-state index in [2.05, 4.69) is 32.6 Å². The average molecular weight is 529 g/mol. The SMILES string of the molecule is C=C1/C(=C\C=C2/CCC[C@]3(C)[C@@H]([C@H](C)/C=C/C(=O)C(C)(C)OC(=O)OCCCC)CC[C@@H]23)C[C@@H](O)C[C@@H]1O. The molecule has 0 aromatic rings. The number of ether oxygens (including phenoxy) is 2. The number of fused-ring (bicyclic) bond motifs is 1. The quantitative estimate of drug-likeness (QED) is 0.198. The van der Waals surface area contributed by atoms with Crippen LogP contribution in [0.4, 0.5) is 4.79 Å². The molecule has 0 aromatic carbocycles. The Balaban J connectivity index is 1.66. The fourth-order valence-electron chi connectivity index (χ4n) is 6.77. The first-order valence-corrected chi connectivity index (χ1v) is 14.4. The molecule has 3 saturated carbocycles. The predicted octanol–water partition coefficient (Wildman–Crippen LogP) is 6.62. The number of rotatable bonds is 9. The molecule has 0 spiro atoms. The lowest BCUT2D eigenvalue weighted by atomic mass is 9.61. The Morgan fingerprint density at radius 1 is 1.24 bits per heavy atom. The normalized spacial score (nSPS) is 33.0. The van der Waals surface area contributed by atoms with Gasteiger partial charge in [-0.15, -0.1) is 0 Å². The van der Waals surface area contributed by atoms with E-state index in [4.69, 9.17) is 9.47 Å². The molecule has 6 nitrogen and oxygen atoms in total. The van der Waals surface area contributed by atoms with Gasteiger partial charge in [0, 0.05) is 6.42 Å². The number of carbonyl (C=O) groups is 2. The number of hydrogen-bond donors (Lipinski definition) is 2. The summed E-state index contributed by atoms with van der Waals surface area (Å²) >= 11 is 0. The van der Waals surface area contributed by atoms with Gasteiger partial charge in [0.05, 0.1) is 18.8 Å². The summed E-state index contributed by atoms with van der Waals surface area (Å²) in [5.74, 6) is 0.894. The Hall–Kier alpha value is -2.18. The number of unbranched alkanes of at least 4 members (excludes halogenated alkanes) is 1. The molecule has 212 valence electrons. The van der Waals surface area contributed by atoms with Crippen LogP contribution in [0.25, 0.3) is 0 Å². The standard InChI is InChI=1S/C32H48O6/c1-7-8-18-37-30(36)38-31(4,5)29(35)16-11-21(2)26-14-15-27-23(10-9-17-32(26,27)6)12-13-24-19-25(33)20-28(34)22(24)3/h11-13,16,21,25-28,33-34H,3,7-10,14-15,17-20H2,1-2,4-6H3/b16-11+,23-12+,24-13-/t21-,25-,26-,27+,28+,32-/m1/s1. The Labute approximate surface area is 228 Å². The monoisotopic (exact) mass is 528 g/mol. The minimum absolute atomic E-state index is 0.146. The first kappa shape index (κ1) is 30.4. The van der Waals surface area contributed by atoms with Crippen LogP contribution in [0.2, 0.25) is 0 Å². The number of carbonyl (C=O) groups excluding carboxylic acids is 2. The van der Waals surface area contributed by atoms with Crippen LogP contribution < -0.4 is 0 Å². The van der Waals surface area contributed by atoms with Gasteiger partial charge in [0.1, 0.15) is 0 Å². The number of aliphatic hydroxyl groups excluding tert-OH is 2. The predicted molar refractivity (Wildman–Crippen MR) is 149 cm³/mol. The molecule has 0 saturated heterocycles. The maximum Gasteiger partial charge on any atom is 0.509 e. The first-order valence-electron chi connectivity index (χ1n) is 14.4. The number of aliphatic hydroxyl groups is 2. The molecule has 0 radical (unpaired) electrons. The van der Waals surface area contributed by atoms with Crippen molar-refractivity contribution in [3.63, 3.8) is 0 Å². The van der Waals surface area contributed by atoms with Gasteiger partial charge in [-0.2, -0.15) is 0 Å². The average Bonchev–Trinajstić information content (AvgIpc) is 3.21.